The van der Waals surface area contributed by atoms with E-state index in [9.17, 15) is 4.79 Å². The van der Waals surface area contributed by atoms with E-state index >= 15 is 0 Å². The summed E-state index contributed by atoms with van der Waals surface area (Å²) < 4.78 is 0.904. The van der Waals surface area contributed by atoms with Crippen LogP contribution in [0.15, 0.2) is 22.7 Å². The van der Waals surface area contributed by atoms with Crippen molar-refractivity contribution in [3.8, 4) is 0 Å². The summed E-state index contributed by atoms with van der Waals surface area (Å²) in [4.78, 5) is 14.4. The number of anilines is 1. The summed E-state index contributed by atoms with van der Waals surface area (Å²) in [5.41, 5.74) is 0.669. The first-order valence-corrected chi connectivity index (χ1v) is 8.47. The first-order valence-electron chi connectivity index (χ1n) is 7.30. The Bertz CT molecular complexity index is 544. The van der Waals surface area contributed by atoms with Gasteiger partial charge in [0.25, 0.3) is 0 Å². The SMILES string of the molecule is Cl.O=C(CN1CCC2CNCC2C1)Nc1ccc(Br)cc1Cl. The predicted octanol–water partition coefficient (Wildman–Crippen LogP) is 3.00. The van der Waals surface area contributed by atoms with Gasteiger partial charge in [0, 0.05) is 11.0 Å². The number of amides is 1. The zero-order valence-corrected chi connectivity index (χ0v) is 15.3. The summed E-state index contributed by atoms with van der Waals surface area (Å²) >= 11 is 9.48. The lowest BCUT2D eigenvalue weighted by Crippen LogP contribution is -2.43. The van der Waals surface area contributed by atoms with E-state index in [1.165, 1.54) is 6.42 Å². The zero-order chi connectivity index (χ0) is 14.8. The molecule has 122 valence electrons. The molecule has 2 atom stereocenters. The van der Waals surface area contributed by atoms with E-state index in [2.05, 4.69) is 31.5 Å². The molecule has 2 fully saturated rings. The van der Waals surface area contributed by atoms with Crippen LogP contribution in [0.25, 0.3) is 0 Å². The van der Waals surface area contributed by atoms with Crippen LogP contribution in [0.4, 0.5) is 5.69 Å². The molecule has 1 amide bonds. The van der Waals surface area contributed by atoms with Crippen LogP contribution in [0.2, 0.25) is 5.02 Å². The maximum absolute atomic E-state index is 12.2. The third-order valence-electron chi connectivity index (χ3n) is 4.36. The highest BCUT2D eigenvalue weighted by atomic mass is 79.9. The molecule has 22 heavy (non-hydrogen) atoms. The standard InChI is InChI=1S/C15H19BrClN3O.ClH/c16-12-1-2-14(13(17)5-12)19-15(21)9-20-4-3-10-6-18-7-11(10)8-20;/h1-2,5,10-11,18H,3-4,6-9H2,(H,19,21);1H. The lowest BCUT2D eigenvalue weighted by atomic mass is 9.89. The van der Waals surface area contributed by atoms with Gasteiger partial charge in [0.1, 0.15) is 0 Å². The van der Waals surface area contributed by atoms with Crippen LogP contribution in [-0.2, 0) is 4.79 Å². The lowest BCUT2D eigenvalue weighted by Gasteiger charge is -2.33. The first kappa shape index (κ1) is 18.0. The van der Waals surface area contributed by atoms with Crippen LogP contribution in [0, 0.1) is 11.8 Å². The number of hydrogen-bond donors (Lipinski definition) is 2. The second-order valence-corrected chi connectivity index (χ2v) is 7.20. The van der Waals surface area contributed by atoms with Crippen molar-refractivity contribution in [2.75, 3.05) is 38.0 Å². The van der Waals surface area contributed by atoms with E-state index in [1.54, 1.807) is 6.07 Å². The van der Waals surface area contributed by atoms with Crippen LogP contribution in [0.5, 0.6) is 0 Å². The molecule has 2 saturated heterocycles. The predicted molar refractivity (Wildman–Crippen MR) is 95.9 cm³/mol. The Balaban J connectivity index is 0.00000176. The largest absolute Gasteiger partial charge is 0.324 e. The van der Waals surface area contributed by atoms with Crippen molar-refractivity contribution in [3.05, 3.63) is 27.7 Å². The third-order valence-corrected chi connectivity index (χ3v) is 5.17. The number of benzene rings is 1. The molecule has 0 bridgehead atoms. The molecule has 7 heteroatoms. The molecule has 2 aliphatic heterocycles. The van der Waals surface area contributed by atoms with Crippen LogP contribution >= 0.6 is 39.9 Å². The number of fused-ring (bicyclic) bond motifs is 1. The van der Waals surface area contributed by atoms with Gasteiger partial charge in [-0.1, -0.05) is 27.5 Å². The molecule has 0 radical (unpaired) electrons. The lowest BCUT2D eigenvalue weighted by molar-refractivity contribution is -0.117. The van der Waals surface area contributed by atoms with E-state index in [0.717, 1.165) is 36.6 Å². The van der Waals surface area contributed by atoms with Gasteiger partial charge >= 0.3 is 0 Å². The molecule has 4 nitrogen and oxygen atoms in total. The highest BCUT2D eigenvalue weighted by Crippen LogP contribution is 2.27. The molecule has 1 aromatic carbocycles. The van der Waals surface area contributed by atoms with E-state index in [0.29, 0.717) is 23.2 Å². The van der Waals surface area contributed by atoms with Crippen LogP contribution in [-0.4, -0.2) is 43.5 Å². The summed E-state index contributed by atoms with van der Waals surface area (Å²) in [5.74, 6) is 1.50. The van der Waals surface area contributed by atoms with Gasteiger partial charge in [-0.3, -0.25) is 9.69 Å². The molecule has 2 heterocycles. The number of likely N-dealkylation sites (tertiary alicyclic amines) is 1. The van der Waals surface area contributed by atoms with E-state index < -0.39 is 0 Å². The number of rotatable bonds is 3. The minimum Gasteiger partial charge on any atom is -0.324 e. The monoisotopic (exact) mass is 407 g/mol. The maximum atomic E-state index is 12.2. The number of halogens is 3. The van der Waals surface area contributed by atoms with Crippen LogP contribution < -0.4 is 10.6 Å². The maximum Gasteiger partial charge on any atom is 0.238 e. The number of hydrogen-bond acceptors (Lipinski definition) is 3. The Morgan fingerprint density at radius 2 is 2.18 bits per heavy atom. The minimum atomic E-state index is 0. The normalized spacial score (nSPS) is 24.5. The van der Waals surface area contributed by atoms with Crippen LogP contribution in [0.3, 0.4) is 0 Å². The van der Waals surface area contributed by atoms with Crippen molar-refractivity contribution in [1.82, 2.24) is 10.2 Å². The van der Waals surface area contributed by atoms with E-state index in [4.69, 9.17) is 11.6 Å². The van der Waals surface area contributed by atoms with Crippen molar-refractivity contribution < 1.29 is 4.79 Å². The van der Waals surface area contributed by atoms with Crippen LogP contribution in [0.1, 0.15) is 6.42 Å². The van der Waals surface area contributed by atoms with Gasteiger partial charge in [-0.25, -0.2) is 0 Å². The molecule has 0 spiro atoms. The fourth-order valence-corrected chi connectivity index (χ4v) is 3.96. The summed E-state index contributed by atoms with van der Waals surface area (Å²) in [6, 6.07) is 5.47. The van der Waals surface area contributed by atoms with Gasteiger partial charge in [-0.15, -0.1) is 12.4 Å². The molecular weight excluding hydrogens is 389 g/mol. The highest BCUT2D eigenvalue weighted by Gasteiger charge is 2.33. The summed E-state index contributed by atoms with van der Waals surface area (Å²) in [6.45, 7) is 4.68. The second-order valence-electron chi connectivity index (χ2n) is 5.87. The van der Waals surface area contributed by atoms with Gasteiger partial charge in [0.05, 0.1) is 17.3 Å². The fourth-order valence-electron chi connectivity index (χ4n) is 3.24. The van der Waals surface area contributed by atoms with Crippen molar-refractivity contribution in [2.45, 2.75) is 6.42 Å². The summed E-state index contributed by atoms with van der Waals surface area (Å²) in [5, 5.41) is 6.89. The minimum absolute atomic E-state index is 0. The van der Waals surface area contributed by atoms with Gasteiger partial charge in [0.15, 0.2) is 0 Å². The van der Waals surface area contributed by atoms with Crippen molar-refractivity contribution >= 4 is 51.5 Å². The Kier molecular flexibility index (Phi) is 6.53. The molecule has 3 rings (SSSR count). The Hall–Kier alpha value is -0.330. The fraction of sp³-hybridized carbons (Fsp3) is 0.533. The average Bonchev–Trinajstić information content (AvgIpc) is 2.89. The Labute approximate surface area is 150 Å². The first-order chi connectivity index (χ1) is 10.1. The van der Waals surface area contributed by atoms with Crippen molar-refractivity contribution in [2.24, 2.45) is 11.8 Å². The third kappa shape index (κ3) is 4.36. The number of nitrogens with zero attached hydrogens (tertiary/aromatic N) is 1. The zero-order valence-electron chi connectivity index (χ0n) is 12.1. The summed E-state index contributed by atoms with van der Waals surface area (Å²) in [6.07, 6.45) is 1.18. The summed E-state index contributed by atoms with van der Waals surface area (Å²) in [7, 11) is 0. The molecule has 2 aliphatic rings. The number of nitrogens with one attached hydrogen (secondary N) is 2. The van der Waals surface area contributed by atoms with Crippen molar-refractivity contribution in [3.63, 3.8) is 0 Å². The molecular formula is C15H20BrCl2N3O. The number of carbonyl (C=O) groups is 1. The topological polar surface area (TPSA) is 44.4 Å². The smallest absolute Gasteiger partial charge is 0.238 e. The molecule has 2 unspecified atom stereocenters. The molecule has 0 aliphatic carbocycles. The second kappa shape index (κ2) is 7.97. The van der Waals surface area contributed by atoms with E-state index in [1.807, 2.05) is 12.1 Å². The molecule has 2 N–H and O–H groups in total. The molecule has 0 saturated carbocycles. The Morgan fingerprint density at radius 1 is 1.41 bits per heavy atom. The molecule has 0 aromatic heterocycles. The quantitative estimate of drug-likeness (QED) is 0.807. The number of piperidine rings is 1. The Morgan fingerprint density at radius 3 is 2.95 bits per heavy atom. The van der Waals surface area contributed by atoms with E-state index in [-0.39, 0.29) is 18.3 Å². The highest BCUT2D eigenvalue weighted by molar-refractivity contribution is 9.10. The van der Waals surface area contributed by atoms with Crippen molar-refractivity contribution in [1.29, 1.82) is 0 Å². The van der Waals surface area contributed by atoms with Gasteiger partial charge < -0.3 is 10.6 Å². The average molecular weight is 409 g/mol. The van der Waals surface area contributed by atoms with Gasteiger partial charge in [-0.05, 0) is 56.1 Å². The van der Waals surface area contributed by atoms with Gasteiger partial charge in [0.2, 0.25) is 5.91 Å². The molecule has 1 aromatic rings. The number of carbonyl (C=O) groups excluding carboxylic acids is 1. The van der Waals surface area contributed by atoms with Gasteiger partial charge in [-0.2, -0.15) is 0 Å².